The van der Waals surface area contributed by atoms with E-state index in [4.69, 9.17) is 21.4 Å². The highest BCUT2D eigenvalue weighted by Crippen LogP contribution is 2.33. The number of carboxylic acids is 1. The summed E-state index contributed by atoms with van der Waals surface area (Å²) in [5, 5.41) is 20.0. The predicted octanol–water partition coefficient (Wildman–Crippen LogP) is 3.13. The van der Waals surface area contributed by atoms with Gasteiger partial charge in [0.15, 0.2) is 0 Å². The molecule has 8 heteroatoms. The van der Waals surface area contributed by atoms with Crippen LogP contribution in [0.1, 0.15) is 10.4 Å². The summed E-state index contributed by atoms with van der Waals surface area (Å²) in [6, 6.07) is 5.04. The summed E-state index contributed by atoms with van der Waals surface area (Å²) >= 11 is 5.76. The molecule has 0 unspecified atom stereocenters. The predicted molar refractivity (Wildman–Crippen MR) is 69.4 cm³/mol. The van der Waals surface area contributed by atoms with Crippen LogP contribution in [0.5, 0.6) is 11.5 Å². The molecule has 0 radical (unpaired) electrons. The molecule has 0 saturated carbocycles. The number of benzene rings is 1. The van der Waals surface area contributed by atoms with Gasteiger partial charge < -0.3 is 9.84 Å². The van der Waals surface area contributed by atoms with Crippen molar-refractivity contribution in [3.05, 3.63) is 57.4 Å². The molecule has 0 amide bonds. The van der Waals surface area contributed by atoms with Gasteiger partial charge in [-0.15, -0.1) is 0 Å². The van der Waals surface area contributed by atoms with E-state index in [0.717, 1.165) is 6.20 Å². The van der Waals surface area contributed by atoms with Crippen LogP contribution in [-0.4, -0.2) is 21.0 Å². The van der Waals surface area contributed by atoms with E-state index in [9.17, 15) is 14.9 Å². The molecule has 7 nitrogen and oxygen atoms in total. The molecule has 1 N–H and O–H groups in total. The van der Waals surface area contributed by atoms with Gasteiger partial charge in [-0.25, -0.2) is 4.79 Å². The summed E-state index contributed by atoms with van der Waals surface area (Å²) in [6.45, 7) is 0. The van der Waals surface area contributed by atoms with E-state index >= 15 is 0 Å². The zero-order valence-corrected chi connectivity index (χ0v) is 10.6. The second kappa shape index (κ2) is 5.54. The van der Waals surface area contributed by atoms with Gasteiger partial charge in [0.05, 0.1) is 16.7 Å². The summed E-state index contributed by atoms with van der Waals surface area (Å²) in [7, 11) is 0. The second-order valence-electron chi connectivity index (χ2n) is 3.69. The Morgan fingerprint density at radius 1 is 1.35 bits per heavy atom. The molecule has 0 atom stereocenters. The van der Waals surface area contributed by atoms with E-state index in [2.05, 4.69) is 4.98 Å². The monoisotopic (exact) mass is 294 g/mol. The van der Waals surface area contributed by atoms with E-state index in [1.54, 1.807) is 0 Å². The molecule has 0 aliphatic heterocycles. The van der Waals surface area contributed by atoms with E-state index in [-0.39, 0.29) is 27.8 Å². The summed E-state index contributed by atoms with van der Waals surface area (Å²) in [6.07, 6.45) is 2.39. The van der Waals surface area contributed by atoms with Crippen LogP contribution in [0.15, 0.2) is 36.7 Å². The van der Waals surface area contributed by atoms with Crippen molar-refractivity contribution in [2.45, 2.75) is 0 Å². The highest BCUT2D eigenvalue weighted by molar-refractivity contribution is 6.30. The standard InChI is InChI=1S/C12H7ClN2O5/c13-8-1-2-10(15(18)19)11(4-8)20-9-3-7(12(16)17)5-14-6-9/h1-6H,(H,16,17). The zero-order valence-electron chi connectivity index (χ0n) is 9.82. The number of carboxylic acid groups (broad SMARTS) is 1. The Morgan fingerprint density at radius 2 is 2.10 bits per heavy atom. The Balaban J connectivity index is 2.39. The number of rotatable bonds is 4. The fourth-order valence-corrected chi connectivity index (χ4v) is 1.60. The number of aromatic carboxylic acids is 1. The van der Waals surface area contributed by atoms with Crippen LogP contribution in [0.3, 0.4) is 0 Å². The van der Waals surface area contributed by atoms with Gasteiger partial charge in [-0.1, -0.05) is 11.6 Å². The first kappa shape index (κ1) is 13.8. The molecule has 2 aromatic rings. The molecule has 1 aromatic carbocycles. The largest absolute Gasteiger partial charge is 0.478 e. The van der Waals surface area contributed by atoms with Crippen LogP contribution in [-0.2, 0) is 0 Å². The first-order chi connectivity index (χ1) is 9.47. The fraction of sp³-hybridized carbons (Fsp3) is 0. The van der Waals surface area contributed by atoms with E-state index < -0.39 is 10.9 Å². The van der Waals surface area contributed by atoms with Crippen molar-refractivity contribution in [2.75, 3.05) is 0 Å². The van der Waals surface area contributed by atoms with Crippen LogP contribution >= 0.6 is 11.6 Å². The van der Waals surface area contributed by atoms with Gasteiger partial charge >= 0.3 is 11.7 Å². The number of hydrogen-bond acceptors (Lipinski definition) is 5. The lowest BCUT2D eigenvalue weighted by molar-refractivity contribution is -0.385. The Bertz CT molecular complexity index is 689. The van der Waals surface area contributed by atoms with Gasteiger partial charge in [-0.05, 0) is 12.1 Å². The van der Waals surface area contributed by atoms with E-state index in [0.29, 0.717) is 0 Å². The lowest BCUT2D eigenvalue weighted by Crippen LogP contribution is -1.98. The molecular weight excluding hydrogens is 288 g/mol. The minimum absolute atomic E-state index is 0.0651. The third kappa shape index (κ3) is 3.01. The minimum Gasteiger partial charge on any atom is -0.478 e. The molecule has 1 aromatic heterocycles. The Morgan fingerprint density at radius 3 is 2.75 bits per heavy atom. The highest BCUT2D eigenvalue weighted by atomic mass is 35.5. The van der Waals surface area contributed by atoms with Gasteiger partial charge in [0, 0.05) is 23.4 Å². The van der Waals surface area contributed by atoms with Crippen molar-refractivity contribution in [1.82, 2.24) is 4.98 Å². The Kier molecular flexibility index (Phi) is 3.81. The summed E-state index contributed by atoms with van der Waals surface area (Å²) in [5.41, 5.74) is -0.373. The SMILES string of the molecule is O=C(O)c1cncc(Oc2cc(Cl)ccc2[N+](=O)[O-])c1. The lowest BCUT2D eigenvalue weighted by atomic mass is 10.2. The molecule has 0 aliphatic rings. The van der Waals surface area contributed by atoms with Crippen LogP contribution in [0.4, 0.5) is 5.69 Å². The molecule has 0 bridgehead atoms. The lowest BCUT2D eigenvalue weighted by Gasteiger charge is -2.06. The molecule has 20 heavy (non-hydrogen) atoms. The number of aromatic nitrogens is 1. The van der Waals surface area contributed by atoms with Crippen molar-refractivity contribution in [3.63, 3.8) is 0 Å². The fourth-order valence-electron chi connectivity index (χ4n) is 1.44. The summed E-state index contributed by atoms with van der Waals surface area (Å²) in [5.74, 6) is -1.20. The van der Waals surface area contributed by atoms with Crippen molar-refractivity contribution in [3.8, 4) is 11.5 Å². The zero-order chi connectivity index (χ0) is 14.7. The topological polar surface area (TPSA) is 103 Å². The van der Waals surface area contributed by atoms with Gasteiger partial charge in [0.25, 0.3) is 0 Å². The van der Waals surface area contributed by atoms with Gasteiger partial charge in [0.1, 0.15) is 5.75 Å². The van der Waals surface area contributed by atoms with Crippen molar-refractivity contribution < 1.29 is 19.6 Å². The average molecular weight is 295 g/mol. The number of hydrogen-bond donors (Lipinski definition) is 1. The molecule has 0 aliphatic carbocycles. The Hall–Kier alpha value is -2.67. The number of nitro benzene ring substituents is 1. The molecule has 0 spiro atoms. The first-order valence-electron chi connectivity index (χ1n) is 5.27. The highest BCUT2D eigenvalue weighted by Gasteiger charge is 2.17. The minimum atomic E-state index is -1.18. The van der Waals surface area contributed by atoms with E-state index in [1.807, 2.05) is 0 Å². The third-order valence-corrected chi connectivity index (χ3v) is 2.54. The summed E-state index contributed by atoms with van der Waals surface area (Å²) in [4.78, 5) is 24.7. The maximum atomic E-state index is 10.9. The third-order valence-electron chi connectivity index (χ3n) is 2.31. The molecule has 0 saturated heterocycles. The van der Waals surface area contributed by atoms with Crippen LogP contribution in [0.25, 0.3) is 0 Å². The Labute approximate surface area is 117 Å². The maximum absolute atomic E-state index is 10.9. The molecular formula is C12H7ClN2O5. The molecule has 2 rings (SSSR count). The van der Waals surface area contributed by atoms with Crippen LogP contribution in [0, 0.1) is 10.1 Å². The van der Waals surface area contributed by atoms with Crippen molar-refractivity contribution in [2.24, 2.45) is 0 Å². The second-order valence-corrected chi connectivity index (χ2v) is 4.12. The van der Waals surface area contributed by atoms with Crippen LogP contribution in [0.2, 0.25) is 5.02 Å². The van der Waals surface area contributed by atoms with Crippen molar-refractivity contribution in [1.29, 1.82) is 0 Å². The number of nitrogens with zero attached hydrogens (tertiary/aromatic N) is 2. The molecule has 0 fully saturated rings. The van der Waals surface area contributed by atoms with E-state index in [1.165, 1.54) is 30.5 Å². The average Bonchev–Trinajstić information content (AvgIpc) is 2.38. The van der Waals surface area contributed by atoms with Gasteiger partial charge in [0.2, 0.25) is 5.75 Å². The number of ether oxygens (including phenoxy) is 1. The van der Waals surface area contributed by atoms with Crippen molar-refractivity contribution >= 4 is 23.3 Å². The number of carbonyl (C=O) groups is 1. The van der Waals surface area contributed by atoms with Crippen LogP contribution < -0.4 is 4.74 Å². The molecule has 102 valence electrons. The molecule has 1 heterocycles. The maximum Gasteiger partial charge on any atom is 0.337 e. The quantitative estimate of drug-likeness (QED) is 0.686. The summed E-state index contributed by atoms with van der Waals surface area (Å²) < 4.78 is 5.29. The smallest absolute Gasteiger partial charge is 0.337 e. The van der Waals surface area contributed by atoms with Gasteiger partial charge in [-0.3, -0.25) is 15.1 Å². The first-order valence-corrected chi connectivity index (χ1v) is 5.65. The number of halogens is 1. The normalized spacial score (nSPS) is 10.1. The van der Waals surface area contributed by atoms with Gasteiger partial charge in [-0.2, -0.15) is 0 Å². The number of nitro groups is 1. The number of pyridine rings is 1.